The number of alkyl halides is 3. The first-order valence-electron chi connectivity index (χ1n) is 9.35. The van der Waals surface area contributed by atoms with Crippen LogP contribution < -0.4 is 15.4 Å². The van der Waals surface area contributed by atoms with Gasteiger partial charge in [-0.25, -0.2) is 0 Å². The summed E-state index contributed by atoms with van der Waals surface area (Å²) in [5.41, 5.74) is 0.320. The number of benzene rings is 1. The zero-order valence-electron chi connectivity index (χ0n) is 15.8. The molecular formula is C19H22F3N3O4. The number of halogens is 3. The van der Waals surface area contributed by atoms with E-state index in [1.807, 2.05) is 0 Å². The molecule has 1 aromatic carbocycles. The summed E-state index contributed by atoms with van der Waals surface area (Å²) in [7, 11) is 1.41. The molecule has 2 aliphatic rings. The van der Waals surface area contributed by atoms with E-state index in [9.17, 15) is 27.6 Å². The van der Waals surface area contributed by atoms with Crippen LogP contribution in [-0.4, -0.2) is 54.0 Å². The minimum absolute atomic E-state index is 0.320. The molecule has 3 rings (SSSR count). The lowest BCUT2D eigenvalue weighted by Gasteiger charge is -2.48. The molecule has 2 N–H and O–H groups in total. The van der Waals surface area contributed by atoms with Gasteiger partial charge in [-0.2, -0.15) is 13.2 Å². The molecule has 0 bridgehead atoms. The molecule has 1 saturated carbocycles. The van der Waals surface area contributed by atoms with Crippen molar-refractivity contribution in [2.24, 2.45) is 0 Å². The average molecular weight is 413 g/mol. The van der Waals surface area contributed by atoms with Crippen LogP contribution in [0.3, 0.4) is 0 Å². The molecule has 29 heavy (non-hydrogen) atoms. The number of rotatable bonds is 4. The van der Waals surface area contributed by atoms with Gasteiger partial charge in [0.05, 0.1) is 25.3 Å². The Labute approximate surface area is 165 Å². The third kappa shape index (κ3) is 4.46. The molecule has 1 saturated heterocycles. The molecule has 0 aromatic heterocycles. The van der Waals surface area contributed by atoms with Crippen molar-refractivity contribution >= 4 is 23.4 Å². The fourth-order valence-corrected chi connectivity index (χ4v) is 4.00. The Morgan fingerprint density at radius 2 is 1.93 bits per heavy atom. The highest BCUT2D eigenvalue weighted by Crippen LogP contribution is 2.33. The third-order valence-corrected chi connectivity index (χ3v) is 5.29. The SMILES string of the molecule is COc1ccccc1NC(=O)C[C@@H]1C(=O)N[C@H]2CCCC[C@@H]2N1C(=O)C(F)(F)F. The van der Waals surface area contributed by atoms with Gasteiger partial charge in [0.1, 0.15) is 11.8 Å². The Bertz CT molecular complexity index is 799. The van der Waals surface area contributed by atoms with Crippen LogP contribution in [0.25, 0.3) is 0 Å². The van der Waals surface area contributed by atoms with E-state index >= 15 is 0 Å². The number of nitrogens with zero attached hydrogens (tertiary/aromatic N) is 1. The lowest BCUT2D eigenvalue weighted by Crippen LogP contribution is -2.69. The van der Waals surface area contributed by atoms with Crippen LogP contribution >= 0.6 is 0 Å². The zero-order valence-corrected chi connectivity index (χ0v) is 15.8. The van der Waals surface area contributed by atoms with E-state index in [1.54, 1.807) is 24.3 Å². The minimum atomic E-state index is -5.13. The maximum absolute atomic E-state index is 13.2. The summed E-state index contributed by atoms with van der Waals surface area (Å²) < 4.78 is 44.8. The second-order valence-corrected chi connectivity index (χ2v) is 7.15. The number of piperazine rings is 1. The van der Waals surface area contributed by atoms with Crippen LogP contribution in [0.4, 0.5) is 18.9 Å². The smallest absolute Gasteiger partial charge is 0.471 e. The van der Waals surface area contributed by atoms with Gasteiger partial charge in [-0.1, -0.05) is 25.0 Å². The number of para-hydroxylation sites is 2. The van der Waals surface area contributed by atoms with Crippen LogP contribution in [0.15, 0.2) is 24.3 Å². The summed E-state index contributed by atoms with van der Waals surface area (Å²) in [5, 5.41) is 5.23. The monoisotopic (exact) mass is 413 g/mol. The van der Waals surface area contributed by atoms with Gasteiger partial charge in [-0.3, -0.25) is 14.4 Å². The van der Waals surface area contributed by atoms with Crippen molar-refractivity contribution in [2.75, 3.05) is 12.4 Å². The summed E-state index contributed by atoms with van der Waals surface area (Å²) in [6.45, 7) is 0. The molecule has 0 radical (unpaired) electrons. The van der Waals surface area contributed by atoms with Crippen molar-refractivity contribution in [3.63, 3.8) is 0 Å². The molecule has 1 heterocycles. The largest absolute Gasteiger partial charge is 0.495 e. The van der Waals surface area contributed by atoms with Crippen LogP contribution in [0.1, 0.15) is 32.1 Å². The number of hydrogen-bond donors (Lipinski definition) is 2. The second-order valence-electron chi connectivity index (χ2n) is 7.15. The Hall–Kier alpha value is -2.78. The van der Waals surface area contributed by atoms with Crippen molar-refractivity contribution in [2.45, 2.75) is 56.4 Å². The zero-order chi connectivity index (χ0) is 21.2. The van der Waals surface area contributed by atoms with Gasteiger partial charge >= 0.3 is 12.1 Å². The first-order chi connectivity index (χ1) is 13.7. The number of hydrogen-bond acceptors (Lipinski definition) is 4. The first kappa shape index (κ1) is 20.9. The minimum Gasteiger partial charge on any atom is -0.495 e. The number of methoxy groups -OCH3 is 1. The molecule has 1 aliphatic carbocycles. The van der Waals surface area contributed by atoms with Crippen molar-refractivity contribution in [1.29, 1.82) is 0 Å². The maximum Gasteiger partial charge on any atom is 0.471 e. The Morgan fingerprint density at radius 1 is 1.24 bits per heavy atom. The normalized spacial score (nSPS) is 24.3. The molecule has 0 spiro atoms. The molecule has 1 aromatic rings. The Morgan fingerprint density at radius 3 is 2.62 bits per heavy atom. The number of fused-ring (bicyclic) bond motifs is 1. The summed E-state index contributed by atoms with van der Waals surface area (Å²) in [6.07, 6.45) is -3.46. The van der Waals surface area contributed by atoms with Crippen LogP contribution in [0, 0.1) is 0 Å². The maximum atomic E-state index is 13.2. The van der Waals surface area contributed by atoms with E-state index in [0.717, 1.165) is 6.42 Å². The van der Waals surface area contributed by atoms with Gasteiger partial charge in [0.25, 0.3) is 0 Å². The molecule has 3 atom stereocenters. The van der Waals surface area contributed by atoms with Gasteiger partial charge in [0, 0.05) is 6.04 Å². The fraction of sp³-hybridized carbons (Fsp3) is 0.526. The fourth-order valence-electron chi connectivity index (χ4n) is 4.00. The number of ether oxygens (including phenoxy) is 1. The standard InChI is InChI=1S/C19H22F3N3O4/c1-29-15-9-5-3-7-12(15)23-16(26)10-14-17(27)24-11-6-2-4-8-13(11)25(14)18(28)19(20,21)22/h3,5,7,9,11,13-14H,2,4,6,8,10H2,1H3,(H,23,26)(H,24,27)/t11-,13-,14+/m0/s1. The first-order valence-corrected chi connectivity index (χ1v) is 9.35. The van der Waals surface area contributed by atoms with Gasteiger partial charge in [-0.05, 0) is 25.0 Å². The lowest BCUT2D eigenvalue weighted by atomic mass is 9.85. The van der Waals surface area contributed by atoms with Gasteiger partial charge in [0.2, 0.25) is 11.8 Å². The quantitative estimate of drug-likeness (QED) is 0.793. The molecule has 158 valence electrons. The van der Waals surface area contributed by atoms with Gasteiger partial charge < -0.3 is 20.3 Å². The van der Waals surface area contributed by atoms with Crippen LogP contribution in [0.5, 0.6) is 5.75 Å². The number of carbonyl (C=O) groups is 3. The van der Waals surface area contributed by atoms with E-state index in [2.05, 4.69) is 10.6 Å². The molecule has 10 heteroatoms. The number of amides is 3. The van der Waals surface area contributed by atoms with Crippen LogP contribution in [0.2, 0.25) is 0 Å². The molecular weight excluding hydrogens is 391 g/mol. The number of carbonyl (C=O) groups excluding carboxylic acids is 3. The number of anilines is 1. The summed E-state index contributed by atoms with van der Waals surface area (Å²) in [5.74, 6) is -3.16. The molecule has 3 amide bonds. The van der Waals surface area contributed by atoms with Crippen molar-refractivity contribution in [1.82, 2.24) is 10.2 Å². The highest BCUT2D eigenvalue weighted by atomic mass is 19.4. The Kier molecular flexibility index (Phi) is 5.99. The predicted molar refractivity (Wildman–Crippen MR) is 97.1 cm³/mol. The summed E-state index contributed by atoms with van der Waals surface area (Å²) in [4.78, 5) is 37.7. The molecule has 0 unspecified atom stereocenters. The number of nitrogens with one attached hydrogen (secondary N) is 2. The molecule has 7 nitrogen and oxygen atoms in total. The topological polar surface area (TPSA) is 87.7 Å². The summed E-state index contributed by atoms with van der Waals surface area (Å²) in [6, 6.07) is 3.67. The summed E-state index contributed by atoms with van der Waals surface area (Å²) >= 11 is 0. The van der Waals surface area contributed by atoms with E-state index in [1.165, 1.54) is 7.11 Å². The third-order valence-electron chi connectivity index (χ3n) is 5.29. The van der Waals surface area contributed by atoms with Crippen LogP contribution in [-0.2, 0) is 14.4 Å². The average Bonchev–Trinajstić information content (AvgIpc) is 2.67. The van der Waals surface area contributed by atoms with Crippen molar-refractivity contribution < 1.29 is 32.3 Å². The predicted octanol–water partition coefficient (Wildman–Crippen LogP) is 2.22. The van der Waals surface area contributed by atoms with Gasteiger partial charge in [0.15, 0.2) is 0 Å². The second kappa shape index (κ2) is 8.30. The lowest BCUT2D eigenvalue weighted by molar-refractivity contribution is -0.195. The Balaban J connectivity index is 1.83. The van der Waals surface area contributed by atoms with Crippen molar-refractivity contribution in [3.05, 3.63) is 24.3 Å². The van der Waals surface area contributed by atoms with Gasteiger partial charge in [-0.15, -0.1) is 0 Å². The molecule has 1 aliphatic heterocycles. The highest BCUT2D eigenvalue weighted by molar-refractivity contribution is 5.99. The van der Waals surface area contributed by atoms with E-state index in [-0.39, 0.29) is 0 Å². The van der Waals surface area contributed by atoms with E-state index < -0.39 is 48.4 Å². The van der Waals surface area contributed by atoms with E-state index in [4.69, 9.17) is 4.74 Å². The van der Waals surface area contributed by atoms with Crippen molar-refractivity contribution in [3.8, 4) is 5.75 Å². The molecule has 2 fully saturated rings. The highest BCUT2D eigenvalue weighted by Gasteiger charge is 2.53. The van der Waals surface area contributed by atoms with E-state index in [0.29, 0.717) is 35.6 Å².